The quantitative estimate of drug-likeness (QED) is 0.0186. The minimum Gasteiger partial charge on any atom is -0.496 e. The number of ether oxygens (including phenoxy) is 3. The zero-order chi connectivity index (χ0) is 70.4. The summed E-state index contributed by atoms with van der Waals surface area (Å²) in [6, 6.07) is 39.8. The van der Waals surface area contributed by atoms with Gasteiger partial charge < -0.3 is 68.6 Å². The van der Waals surface area contributed by atoms with E-state index in [1.165, 1.54) is 41.0 Å². The summed E-state index contributed by atoms with van der Waals surface area (Å²) in [7, 11) is 2.86. The van der Waals surface area contributed by atoms with E-state index in [-0.39, 0.29) is 63.6 Å². The van der Waals surface area contributed by atoms with E-state index >= 15 is 0 Å². The fourth-order valence-corrected chi connectivity index (χ4v) is 15.9. The number of likely N-dealkylation sites (tertiary alicyclic amines) is 3. The molecule has 3 aliphatic heterocycles. The molecule has 3 unspecified atom stereocenters. The number of aliphatic hydroxyl groups excluding tert-OH is 2. The smallest absolute Gasteiger partial charge is 0.339 e. The van der Waals surface area contributed by atoms with E-state index < -0.39 is 14.3 Å². The lowest BCUT2D eigenvalue weighted by molar-refractivity contribution is -0.128. The second-order valence-electron chi connectivity index (χ2n) is 27.6. The van der Waals surface area contributed by atoms with Gasteiger partial charge in [-0.25, -0.2) is 4.79 Å². The highest BCUT2D eigenvalue weighted by atomic mass is 28.4. The van der Waals surface area contributed by atoms with Crippen LogP contribution in [0, 0.1) is 0 Å². The number of carbonyl (C=O) groups is 4. The molecule has 3 atom stereocenters. The molecule has 3 spiro atoms. The number of aromatic nitrogens is 4. The summed E-state index contributed by atoms with van der Waals surface area (Å²) in [6.07, 6.45) is 6.82. The highest BCUT2D eigenvalue weighted by Crippen LogP contribution is 2.51. The van der Waals surface area contributed by atoms with Gasteiger partial charge in [0.1, 0.15) is 22.8 Å². The Hall–Kier alpha value is -9.75. The number of hydrogen-bond acceptors (Lipinski definition) is 18. The molecule has 24 heteroatoms. The monoisotopic (exact) mass is 1370 g/mol. The Morgan fingerprint density at radius 3 is 1.35 bits per heavy atom. The largest absolute Gasteiger partial charge is 0.496 e. The molecule has 99 heavy (non-hydrogen) atoms. The van der Waals surface area contributed by atoms with Gasteiger partial charge in [-0.2, -0.15) is 9.97 Å². The second kappa shape index (κ2) is 29.4. The van der Waals surface area contributed by atoms with Gasteiger partial charge >= 0.3 is 5.97 Å². The van der Waals surface area contributed by atoms with Gasteiger partial charge in [0.15, 0.2) is 14.2 Å². The number of aromatic carboxylic acids is 1. The standard InChI is InChI=1S/2C23H23N3O4.C21H33N3O3Si.C8H8O3/c2*1-29-19-8-3-2-5-17(19)22-24-21(25-30-22)16-6-4-7-18-15(16)9-10-23(18)13-20(28)26(14-23)11-12-27;1-20(2,3)28(4,5)27-12-11-24-14-21(13-18(24)25)10-9-15-16(19(22)23-26)7-6-8-17(15)21;1-11-7-5-3-2-4-6(7)8(9)10/h2*2-8,27H,9-14H2,1H3;6-8,26H,9-14H2,1-5H3,(H2,22,23);2-5H,1H3,(H,9,10). The number of fused-ring (bicyclic) bond motifs is 6. The average Bonchev–Trinajstić information content (AvgIpc) is 1.63. The van der Waals surface area contributed by atoms with Crippen molar-refractivity contribution in [2.45, 2.75) is 113 Å². The molecule has 6 aliphatic rings. The Kier molecular flexibility index (Phi) is 20.9. The van der Waals surface area contributed by atoms with Crippen molar-refractivity contribution in [2.24, 2.45) is 10.9 Å². The van der Waals surface area contributed by atoms with Crippen LogP contribution in [0.4, 0.5) is 0 Å². The van der Waals surface area contributed by atoms with Crippen LogP contribution in [0.1, 0.15) is 109 Å². The lowest BCUT2D eigenvalue weighted by Crippen LogP contribution is -2.43. The Morgan fingerprint density at radius 2 is 0.939 bits per heavy atom. The zero-order valence-corrected chi connectivity index (χ0v) is 58.4. The molecule has 6 aromatic carbocycles. The molecule has 0 bridgehead atoms. The molecule has 3 fully saturated rings. The Morgan fingerprint density at radius 1 is 0.556 bits per heavy atom. The first kappa shape index (κ1) is 70.6. The van der Waals surface area contributed by atoms with Crippen molar-refractivity contribution in [1.82, 2.24) is 35.0 Å². The average molecular weight is 1370 g/mol. The van der Waals surface area contributed by atoms with E-state index in [0.29, 0.717) is 99.3 Å². The van der Waals surface area contributed by atoms with E-state index in [0.717, 1.165) is 78.5 Å². The highest BCUT2D eigenvalue weighted by Gasteiger charge is 2.51. The first-order valence-corrected chi connectivity index (χ1v) is 36.3. The summed E-state index contributed by atoms with van der Waals surface area (Å²) in [5.41, 5.74) is 16.7. The molecule has 6 N–H and O–H groups in total. The van der Waals surface area contributed by atoms with Gasteiger partial charge in [0.25, 0.3) is 11.8 Å². The van der Waals surface area contributed by atoms with Gasteiger partial charge in [-0.15, -0.1) is 0 Å². The van der Waals surface area contributed by atoms with Gasteiger partial charge in [0.2, 0.25) is 29.4 Å². The molecule has 2 aromatic heterocycles. The molecule has 0 saturated carbocycles. The number of amides is 3. The molecule has 3 saturated heterocycles. The van der Waals surface area contributed by atoms with Crippen LogP contribution in [0.25, 0.3) is 45.7 Å². The first-order valence-electron chi connectivity index (χ1n) is 33.4. The first-order chi connectivity index (χ1) is 47.6. The van der Waals surface area contributed by atoms with Crippen LogP contribution in [0.3, 0.4) is 0 Å². The number of nitrogens with two attached hydrogens (primary N) is 1. The zero-order valence-electron chi connectivity index (χ0n) is 57.4. The van der Waals surface area contributed by atoms with Crippen molar-refractivity contribution >= 4 is 37.8 Å². The molecule has 23 nitrogen and oxygen atoms in total. The summed E-state index contributed by atoms with van der Waals surface area (Å²) in [5, 5.41) is 48.0. The maximum atomic E-state index is 12.8. The molecule has 8 aromatic rings. The fraction of sp³-hybridized carbons (Fsp3) is 0.400. The van der Waals surface area contributed by atoms with Crippen molar-refractivity contribution in [3.05, 3.63) is 172 Å². The Bertz CT molecular complexity index is 4140. The van der Waals surface area contributed by atoms with Crippen LogP contribution in [0.2, 0.25) is 18.1 Å². The SMILES string of the molecule is CC(C)(C)[Si](C)(C)OCCN1CC2(CCc3c(C(N)=NO)cccc32)CC1=O.COc1ccccc1-c1nc(-c2cccc3c2CCC32CC(=O)N(CCO)C2)no1.COc1ccccc1-c1nc(-c2cccc3c2CCC32CC(=O)N(CCO)C2)no1.COc1ccccc1C(=O)O. The molecular weight excluding hydrogens is 1280 g/mol. The van der Waals surface area contributed by atoms with Gasteiger partial charge in [0.05, 0.1) is 52.3 Å². The van der Waals surface area contributed by atoms with E-state index in [1.54, 1.807) is 42.2 Å². The fourth-order valence-electron chi connectivity index (χ4n) is 14.9. The lowest BCUT2D eigenvalue weighted by Gasteiger charge is -2.36. The highest BCUT2D eigenvalue weighted by molar-refractivity contribution is 6.74. The normalized spacial score (nSPS) is 19.8. The van der Waals surface area contributed by atoms with Crippen molar-refractivity contribution in [3.8, 4) is 62.9 Å². The predicted molar refractivity (Wildman–Crippen MR) is 373 cm³/mol. The topological polar surface area (TPSA) is 312 Å². The second-order valence-corrected chi connectivity index (χ2v) is 32.4. The minimum absolute atomic E-state index is 0.0106. The van der Waals surface area contributed by atoms with Gasteiger partial charge in [-0.05, 0) is 126 Å². The maximum Gasteiger partial charge on any atom is 0.339 e. The van der Waals surface area contributed by atoms with Crippen molar-refractivity contribution in [3.63, 3.8) is 0 Å². The summed E-state index contributed by atoms with van der Waals surface area (Å²) < 4.78 is 33.0. The number of oxime groups is 1. The summed E-state index contributed by atoms with van der Waals surface area (Å²) in [5.74, 6) is 3.25. The number of para-hydroxylation sites is 3. The van der Waals surface area contributed by atoms with Crippen molar-refractivity contribution in [1.29, 1.82) is 0 Å². The summed E-state index contributed by atoms with van der Waals surface area (Å²) in [4.78, 5) is 63.0. The van der Waals surface area contributed by atoms with E-state index in [9.17, 15) is 29.4 Å². The molecule has 520 valence electrons. The van der Waals surface area contributed by atoms with Crippen LogP contribution in [-0.2, 0) is 54.3 Å². The number of carbonyl (C=O) groups excluding carboxylic acids is 3. The van der Waals surface area contributed by atoms with E-state index in [2.05, 4.69) is 77.5 Å². The third-order valence-electron chi connectivity index (χ3n) is 20.9. The number of hydrogen-bond donors (Lipinski definition) is 5. The third kappa shape index (κ3) is 14.2. The van der Waals surface area contributed by atoms with E-state index in [1.807, 2.05) is 89.8 Å². The molecular formula is C75H87N9O14Si. The number of benzene rings is 6. The molecule has 0 radical (unpaired) electrons. The molecule has 14 rings (SSSR count). The van der Waals surface area contributed by atoms with Crippen molar-refractivity contribution < 1.29 is 67.4 Å². The number of nitrogens with zero attached hydrogens (tertiary/aromatic N) is 8. The Balaban J connectivity index is 0.000000139. The van der Waals surface area contributed by atoms with Gasteiger partial charge in [-0.1, -0.05) is 127 Å². The number of β-amino-alcohol motifs (C(OH)–C–C–N with tert-alkyl or cyclic N) is 2. The number of carboxylic acid groups (broad SMARTS) is 1. The van der Waals surface area contributed by atoms with Crippen LogP contribution in [0.5, 0.6) is 17.2 Å². The predicted octanol–water partition coefficient (Wildman–Crippen LogP) is 10.3. The summed E-state index contributed by atoms with van der Waals surface area (Å²) >= 11 is 0. The number of amidine groups is 1. The number of methoxy groups -OCH3 is 3. The van der Waals surface area contributed by atoms with Crippen LogP contribution < -0.4 is 19.9 Å². The van der Waals surface area contributed by atoms with Crippen LogP contribution in [-0.4, -0.2) is 174 Å². The van der Waals surface area contributed by atoms with Gasteiger partial charge in [0, 0.05) is 91.5 Å². The minimum atomic E-state index is -1.81. The third-order valence-corrected chi connectivity index (χ3v) is 25.4. The van der Waals surface area contributed by atoms with Crippen molar-refractivity contribution in [2.75, 3.05) is 80.4 Å². The Labute approximate surface area is 576 Å². The summed E-state index contributed by atoms with van der Waals surface area (Å²) in [6.45, 7) is 15.2. The van der Waals surface area contributed by atoms with E-state index in [4.69, 9.17) is 43.7 Å². The number of aliphatic hydroxyl groups is 2. The number of carboxylic acids is 1. The van der Waals surface area contributed by atoms with Crippen LogP contribution in [0.15, 0.2) is 142 Å². The molecule has 5 heterocycles. The van der Waals surface area contributed by atoms with Crippen LogP contribution >= 0.6 is 0 Å². The number of rotatable bonds is 17. The maximum absolute atomic E-state index is 12.8. The molecule has 3 amide bonds. The van der Waals surface area contributed by atoms with Gasteiger partial charge in [-0.3, -0.25) is 14.4 Å². The lowest BCUT2D eigenvalue weighted by atomic mass is 9.80. The molecule has 3 aliphatic carbocycles.